The van der Waals surface area contributed by atoms with E-state index in [2.05, 4.69) is 0 Å². The lowest BCUT2D eigenvalue weighted by Crippen LogP contribution is -2.43. The van der Waals surface area contributed by atoms with Crippen molar-refractivity contribution in [2.45, 2.75) is 18.9 Å². The number of carbonyl (C=O) groups excluding carboxylic acids is 1. The van der Waals surface area contributed by atoms with E-state index in [0.717, 1.165) is 0 Å². The normalized spacial score (nSPS) is 19.6. The van der Waals surface area contributed by atoms with E-state index in [4.69, 9.17) is 11.5 Å². The van der Waals surface area contributed by atoms with Crippen molar-refractivity contribution in [2.75, 3.05) is 20.1 Å². The van der Waals surface area contributed by atoms with E-state index in [0.29, 0.717) is 25.0 Å². The second kappa shape index (κ2) is 3.87. The molecule has 12 heavy (non-hydrogen) atoms. The molecule has 1 unspecified atom stereocenters. The van der Waals surface area contributed by atoms with E-state index in [-0.39, 0.29) is 5.91 Å². The minimum absolute atomic E-state index is 0.281. The molecule has 1 rings (SSSR count). The highest BCUT2D eigenvalue weighted by molar-refractivity contribution is 5.75. The fourth-order valence-electron chi connectivity index (χ4n) is 1.58. The number of carbonyl (C=O) groups is 1. The highest BCUT2D eigenvalue weighted by atomic mass is 16.1. The fourth-order valence-corrected chi connectivity index (χ4v) is 1.58. The molecule has 1 amide bonds. The molecule has 0 radical (unpaired) electrons. The van der Waals surface area contributed by atoms with Crippen molar-refractivity contribution < 1.29 is 4.79 Å². The maximum atomic E-state index is 10.6. The molecular formula is C8H17N3O. The second-order valence-corrected chi connectivity index (χ2v) is 3.52. The Balaban J connectivity index is 2.35. The van der Waals surface area contributed by atoms with Crippen LogP contribution >= 0.6 is 0 Å². The first-order chi connectivity index (χ1) is 5.65. The summed E-state index contributed by atoms with van der Waals surface area (Å²) in [5.74, 6) is 0.413. The standard InChI is InChI=1S/C8H17N3O/c1-11(5-8(10)12)7(4-9)6-2-3-6/h6-7H,2-5,9H2,1H3,(H2,10,12). The van der Waals surface area contributed by atoms with Crippen molar-refractivity contribution in [3.05, 3.63) is 0 Å². The van der Waals surface area contributed by atoms with Gasteiger partial charge in [-0.15, -0.1) is 0 Å². The quantitative estimate of drug-likeness (QED) is 0.565. The smallest absolute Gasteiger partial charge is 0.231 e. The number of likely N-dealkylation sites (N-methyl/N-ethyl adjacent to an activating group) is 1. The second-order valence-electron chi connectivity index (χ2n) is 3.52. The van der Waals surface area contributed by atoms with Crippen LogP contribution in [0.5, 0.6) is 0 Å². The summed E-state index contributed by atoms with van der Waals surface area (Å²) in [6.07, 6.45) is 2.48. The molecule has 0 aromatic rings. The molecule has 1 fully saturated rings. The van der Waals surface area contributed by atoms with Gasteiger partial charge in [0.25, 0.3) is 0 Å². The van der Waals surface area contributed by atoms with Crippen LogP contribution in [0.25, 0.3) is 0 Å². The van der Waals surface area contributed by atoms with Crippen molar-refractivity contribution in [1.82, 2.24) is 4.90 Å². The third kappa shape index (κ3) is 2.46. The largest absolute Gasteiger partial charge is 0.369 e. The number of amides is 1. The third-order valence-corrected chi connectivity index (χ3v) is 2.38. The van der Waals surface area contributed by atoms with E-state index >= 15 is 0 Å². The van der Waals surface area contributed by atoms with Crippen LogP contribution in [0, 0.1) is 5.92 Å². The molecule has 4 nitrogen and oxygen atoms in total. The van der Waals surface area contributed by atoms with E-state index in [1.807, 2.05) is 11.9 Å². The third-order valence-electron chi connectivity index (χ3n) is 2.38. The Hall–Kier alpha value is -0.610. The van der Waals surface area contributed by atoms with E-state index in [9.17, 15) is 4.79 Å². The van der Waals surface area contributed by atoms with Gasteiger partial charge >= 0.3 is 0 Å². The van der Waals surface area contributed by atoms with Crippen molar-refractivity contribution in [3.63, 3.8) is 0 Å². The molecule has 0 saturated heterocycles. The van der Waals surface area contributed by atoms with E-state index < -0.39 is 0 Å². The Kier molecular flexibility index (Phi) is 3.05. The maximum absolute atomic E-state index is 10.6. The Morgan fingerprint density at radius 2 is 2.25 bits per heavy atom. The highest BCUT2D eigenvalue weighted by Gasteiger charge is 2.32. The SMILES string of the molecule is CN(CC(N)=O)C(CN)C1CC1. The van der Waals surface area contributed by atoms with Crippen molar-refractivity contribution in [1.29, 1.82) is 0 Å². The van der Waals surface area contributed by atoms with Gasteiger partial charge in [-0.2, -0.15) is 0 Å². The fraction of sp³-hybridized carbons (Fsp3) is 0.875. The van der Waals surface area contributed by atoms with Crippen LogP contribution in [-0.4, -0.2) is 37.0 Å². The zero-order chi connectivity index (χ0) is 9.14. The van der Waals surface area contributed by atoms with Crippen LogP contribution in [-0.2, 0) is 4.79 Å². The van der Waals surface area contributed by atoms with E-state index in [1.165, 1.54) is 12.8 Å². The Bertz CT molecular complexity index is 168. The molecular weight excluding hydrogens is 154 g/mol. The summed E-state index contributed by atoms with van der Waals surface area (Å²) in [7, 11) is 1.90. The molecule has 0 aromatic carbocycles. The Labute approximate surface area is 72.9 Å². The van der Waals surface area contributed by atoms with Gasteiger partial charge in [0.15, 0.2) is 0 Å². The number of hydrogen-bond acceptors (Lipinski definition) is 3. The molecule has 1 aliphatic rings. The lowest BCUT2D eigenvalue weighted by molar-refractivity contribution is -0.119. The minimum Gasteiger partial charge on any atom is -0.369 e. The number of nitrogens with two attached hydrogens (primary N) is 2. The minimum atomic E-state index is -0.281. The number of rotatable bonds is 5. The van der Waals surface area contributed by atoms with Gasteiger partial charge in [-0.3, -0.25) is 9.69 Å². The van der Waals surface area contributed by atoms with Crippen LogP contribution < -0.4 is 11.5 Å². The monoisotopic (exact) mass is 171 g/mol. The van der Waals surface area contributed by atoms with Gasteiger partial charge in [-0.1, -0.05) is 0 Å². The summed E-state index contributed by atoms with van der Waals surface area (Å²) >= 11 is 0. The summed E-state index contributed by atoms with van der Waals surface area (Å²) in [5.41, 5.74) is 10.7. The molecule has 0 bridgehead atoms. The molecule has 0 aromatic heterocycles. The zero-order valence-corrected chi connectivity index (χ0v) is 7.49. The van der Waals surface area contributed by atoms with Crippen LogP contribution in [0.4, 0.5) is 0 Å². The van der Waals surface area contributed by atoms with Gasteiger partial charge in [0.05, 0.1) is 6.54 Å². The summed E-state index contributed by atoms with van der Waals surface area (Å²) in [5, 5.41) is 0. The summed E-state index contributed by atoms with van der Waals surface area (Å²) in [6.45, 7) is 0.937. The van der Waals surface area contributed by atoms with Gasteiger partial charge in [-0.05, 0) is 25.8 Å². The first-order valence-electron chi connectivity index (χ1n) is 4.33. The average molecular weight is 171 g/mol. The highest BCUT2D eigenvalue weighted by Crippen LogP contribution is 2.34. The van der Waals surface area contributed by atoms with Gasteiger partial charge in [0.2, 0.25) is 5.91 Å². The first-order valence-corrected chi connectivity index (χ1v) is 4.33. The molecule has 1 aliphatic carbocycles. The number of nitrogens with zero attached hydrogens (tertiary/aromatic N) is 1. The number of hydrogen-bond donors (Lipinski definition) is 2. The lowest BCUT2D eigenvalue weighted by atomic mass is 10.1. The van der Waals surface area contributed by atoms with Crippen LogP contribution in [0.15, 0.2) is 0 Å². The Morgan fingerprint density at radius 3 is 2.58 bits per heavy atom. The predicted molar refractivity (Wildman–Crippen MR) is 47.4 cm³/mol. The first kappa shape index (κ1) is 9.48. The van der Waals surface area contributed by atoms with E-state index in [1.54, 1.807) is 0 Å². The van der Waals surface area contributed by atoms with Crippen LogP contribution in [0.3, 0.4) is 0 Å². The molecule has 1 atom stereocenters. The molecule has 0 aliphatic heterocycles. The van der Waals surface area contributed by atoms with Crippen molar-refractivity contribution >= 4 is 5.91 Å². The summed E-state index contributed by atoms with van der Waals surface area (Å²) in [6, 6.07) is 0.345. The van der Waals surface area contributed by atoms with Gasteiger partial charge < -0.3 is 11.5 Å². The van der Waals surface area contributed by atoms with Gasteiger partial charge in [0, 0.05) is 12.6 Å². The topological polar surface area (TPSA) is 72.3 Å². The Morgan fingerprint density at radius 1 is 1.67 bits per heavy atom. The molecule has 4 heteroatoms. The molecule has 70 valence electrons. The number of primary amides is 1. The predicted octanol–water partition coefficient (Wildman–Crippen LogP) is -0.859. The molecule has 1 saturated carbocycles. The average Bonchev–Trinajstić information content (AvgIpc) is 2.70. The summed E-state index contributed by atoms with van der Waals surface area (Å²) < 4.78 is 0. The summed E-state index contributed by atoms with van der Waals surface area (Å²) in [4.78, 5) is 12.6. The lowest BCUT2D eigenvalue weighted by Gasteiger charge is -2.25. The molecule has 0 heterocycles. The van der Waals surface area contributed by atoms with Crippen LogP contribution in [0.1, 0.15) is 12.8 Å². The van der Waals surface area contributed by atoms with Gasteiger partial charge in [0.1, 0.15) is 0 Å². The van der Waals surface area contributed by atoms with Crippen molar-refractivity contribution in [2.24, 2.45) is 17.4 Å². The van der Waals surface area contributed by atoms with Crippen molar-refractivity contribution in [3.8, 4) is 0 Å². The van der Waals surface area contributed by atoms with Gasteiger partial charge in [-0.25, -0.2) is 0 Å². The maximum Gasteiger partial charge on any atom is 0.231 e. The molecule has 4 N–H and O–H groups in total. The van der Waals surface area contributed by atoms with Crippen LogP contribution in [0.2, 0.25) is 0 Å². The molecule has 0 spiro atoms. The zero-order valence-electron chi connectivity index (χ0n) is 7.49.